The average molecular weight is 285 g/mol. The Balaban J connectivity index is 2.76. The lowest BCUT2D eigenvalue weighted by Crippen LogP contribution is -2.06. The molecule has 1 aromatic rings. The predicted molar refractivity (Wildman–Crippen MR) is 52.1 cm³/mol. The van der Waals surface area contributed by atoms with Crippen LogP contribution < -0.4 is 0 Å². The number of carbonyl (C=O) groups is 1. The standard InChI is InChI=1S/C8H4BrF3OS/c9-6-3-1-5(2-4-6)7(13)14-8(10,11)12/h1-4H. The Morgan fingerprint density at radius 2 is 1.71 bits per heavy atom. The Morgan fingerprint density at radius 3 is 2.14 bits per heavy atom. The van der Waals surface area contributed by atoms with Gasteiger partial charge in [0.2, 0.25) is 5.12 Å². The molecule has 0 aliphatic heterocycles. The number of benzene rings is 1. The van der Waals surface area contributed by atoms with Crippen LogP contribution in [-0.4, -0.2) is 10.6 Å². The first-order valence-electron chi connectivity index (χ1n) is 3.44. The van der Waals surface area contributed by atoms with Gasteiger partial charge in [0.05, 0.1) is 0 Å². The molecule has 0 amide bonds. The normalized spacial score (nSPS) is 11.4. The number of thioether (sulfide) groups is 1. The first-order chi connectivity index (χ1) is 6.38. The average Bonchev–Trinajstić information content (AvgIpc) is 2.02. The fourth-order valence-corrected chi connectivity index (χ4v) is 1.48. The zero-order chi connectivity index (χ0) is 10.8. The Kier molecular flexibility index (Phi) is 3.60. The quantitative estimate of drug-likeness (QED) is 0.779. The fourth-order valence-electron chi connectivity index (χ4n) is 0.750. The number of alkyl halides is 3. The summed E-state index contributed by atoms with van der Waals surface area (Å²) in [5.74, 6) is 0. The Hall–Kier alpha value is -0.490. The number of hydrogen-bond donors (Lipinski definition) is 0. The summed E-state index contributed by atoms with van der Waals surface area (Å²) >= 11 is 2.48. The molecule has 0 atom stereocenters. The van der Waals surface area contributed by atoms with Crippen molar-refractivity contribution in [1.29, 1.82) is 0 Å². The molecule has 0 saturated carbocycles. The van der Waals surface area contributed by atoms with Crippen molar-refractivity contribution in [2.45, 2.75) is 5.51 Å². The van der Waals surface area contributed by atoms with E-state index in [1.165, 1.54) is 24.3 Å². The van der Waals surface area contributed by atoms with E-state index in [4.69, 9.17) is 0 Å². The zero-order valence-corrected chi connectivity index (χ0v) is 9.04. The van der Waals surface area contributed by atoms with Gasteiger partial charge in [-0.25, -0.2) is 0 Å². The molecule has 0 spiro atoms. The molecule has 0 bridgehead atoms. The minimum absolute atomic E-state index is 0.0375. The van der Waals surface area contributed by atoms with Crippen LogP contribution in [0.3, 0.4) is 0 Å². The lowest BCUT2D eigenvalue weighted by atomic mass is 10.2. The second-order valence-corrected chi connectivity index (χ2v) is 4.30. The molecule has 14 heavy (non-hydrogen) atoms. The van der Waals surface area contributed by atoms with Crippen molar-refractivity contribution in [2.75, 3.05) is 0 Å². The van der Waals surface area contributed by atoms with Gasteiger partial charge in [-0.1, -0.05) is 15.9 Å². The third-order valence-corrected chi connectivity index (χ3v) is 2.47. The van der Waals surface area contributed by atoms with Crippen LogP contribution in [0.2, 0.25) is 0 Å². The second-order valence-electron chi connectivity index (χ2n) is 2.34. The van der Waals surface area contributed by atoms with E-state index < -0.39 is 22.4 Å². The van der Waals surface area contributed by atoms with E-state index in [0.29, 0.717) is 4.47 Å². The van der Waals surface area contributed by atoms with Crippen LogP contribution in [-0.2, 0) is 0 Å². The summed E-state index contributed by atoms with van der Waals surface area (Å²) in [6.07, 6.45) is 0. The van der Waals surface area contributed by atoms with E-state index in [0.717, 1.165) is 0 Å². The van der Waals surface area contributed by atoms with Crippen molar-refractivity contribution in [1.82, 2.24) is 0 Å². The summed E-state index contributed by atoms with van der Waals surface area (Å²) in [5, 5.41) is -0.995. The van der Waals surface area contributed by atoms with Crippen LogP contribution in [0.5, 0.6) is 0 Å². The predicted octanol–water partition coefficient (Wildman–Crippen LogP) is 3.84. The molecule has 0 radical (unpaired) electrons. The molecule has 0 unspecified atom stereocenters. The van der Waals surface area contributed by atoms with Gasteiger partial charge in [0.15, 0.2) is 0 Å². The summed E-state index contributed by atoms with van der Waals surface area (Å²) in [4.78, 5) is 11.0. The molecular weight excluding hydrogens is 281 g/mol. The lowest BCUT2D eigenvalue weighted by molar-refractivity contribution is -0.0322. The summed E-state index contributed by atoms with van der Waals surface area (Å²) < 4.78 is 36.1. The van der Waals surface area contributed by atoms with Gasteiger partial charge < -0.3 is 0 Å². The second kappa shape index (κ2) is 4.35. The van der Waals surface area contributed by atoms with E-state index in [9.17, 15) is 18.0 Å². The van der Waals surface area contributed by atoms with Gasteiger partial charge in [0.25, 0.3) is 0 Å². The van der Waals surface area contributed by atoms with Gasteiger partial charge >= 0.3 is 5.51 Å². The van der Waals surface area contributed by atoms with Crippen molar-refractivity contribution in [3.63, 3.8) is 0 Å². The molecule has 0 aliphatic rings. The Labute approximate surface area is 90.8 Å². The zero-order valence-electron chi connectivity index (χ0n) is 6.64. The van der Waals surface area contributed by atoms with Crippen LogP contribution in [0.4, 0.5) is 13.2 Å². The number of carbonyl (C=O) groups excluding carboxylic acids is 1. The molecule has 1 rings (SSSR count). The summed E-state index contributed by atoms with van der Waals surface area (Å²) in [6, 6.07) is 5.71. The SMILES string of the molecule is O=C(SC(F)(F)F)c1ccc(Br)cc1. The number of halogens is 4. The highest BCUT2D eigenvalue weighted by Crippen LogP contribution is 2.33. The maximum Gasteiger partial charge on any atom is 0.449 e. The van der Waals surface area contributed by atoms with E-state index in [-0.39, 0.29) is 5.56 Å². The number of hydrogen-bond acceptors (Lipinski definition) is 2. The summed E-state index contributed by atoms with van der Waals surface area (Å²) in [6.45, 7) is 0. The fraction of sp³-hybridized carbons (Fsp3) is 0.125. The first-order valence-corrected chi connectivity index (χ1v) is 5.05. The van der Waals surface area contributed by atoms with Crippen molar-refractivity contribution in [2.24, 2.45) is 0 Å². The molecule has 1 aromatic carbocycles. The maximum absolute atomic E-state index is 11.8. The lowest BCUT2D eigenvalue weighted by Gasteiger charge is -2.03. The minimum Gasteiger partial charge on any atom is -0.281 e. The Morgan fingerprint density at radius 1 is 1.21 bits per heavy atom. The van der Waals surface area contributed by atoms with Crippen LogP contribution >= 0.6 is 27.7 Å². The molecule has 1 nitrogen and oxygen atoms in total. The van der Waals surface area contributed by atoms with E-state index in [1.54, 1.807) is 0 Å². The summed E-state index contributed by atoms with van der Waals surface area (Å²) in [7, 11) is 0. The molecule has 76 valence electrons. The largest absolute Gasteiger partial charge is 0.449 e. The smallest absolute Gasteiger partial charge is 0.281 e. The van der Waals surface area contributed by atoms with Gasteiger partial charge in [0.1, 0.15) is 0 Å². The molecule has 0 aliphatic carbocycles. The van der Waals surface area contributed by atoms with Crippen molar-refractivity contribution >= 4 is 32.8 Å². The van der Waals surface area contributed by atoms with Crippen molar-refractivity contribution in [3.05, 3.63) is 34.3 Å². The Bertz CT molecular complexity index is 333. The first kappa shape index (κ1) is 11.6. The molecule has 0 fully saturated rings. The molecule has 0 N–H and O–H groups in total. The minimum atomic E-state index is -4.52. The van der Waals surface area contributed by atoms with Crippen LogP contribution in [0, 0.1) is 0 Å². The molecular formula is C8H4BrF3OS. The van der Waals surface area contributed by atoms with Gasteiger partial charge in [-0.15, -0.1) is 0 Å². The van der Waals surface area contributed by atoms with Gasteiger partial charge in [0, 0.05) is 21.8 Å². The van der Waals surface area contributed by atoms with Gasteiger partial charge in [-0.2, -0.15) is 13.2 Å². The topological polar surface area (TPSA) is 17.1 Å². The van der Waals surface area contributed by atoms with Crippen molar-refractivity contribution in [3.8, 4) is 0 Å². The molecule has 0 aromatic heterocycles. The van der Waals surface area contributed by atoms with Crippen LogP contribution in [0.15, 0.2) is 28.7 Å². The number of rotatable bonds is 1. The van der Waals surface area contributed by atoms with E-state index in [1.807, 2.05) is 0 Å². The maximum atomic E-state index is 11.8. The molecule has 6 heteroatoms. The molecule has 0 saturated heterocycles. The highest BCUT2D eigenvalue weighted by atomic mass is 79.9. The highest BCUT2D eigenvalue weighted by Gasteiger charge is 2.33. The van der Waals surface area contributed by atoms with Gasteiger partial charge in [-0.05, 0) is 24.3 Å². The van der Waals surface area contributed by atoms with E-state index >= 15 is 0 Å². The van der Waals surface area contributed by atoms with Gasteiger partial charge in [-0.3, -0.25) is 4.79 Å². The van der Waals surface area contributed by atoms with Crippen LogP contribution in [0.25, 0.3) is 0 Å². The van der Waals surface area contributed by atoms with E-state index in [2.05, 4.69) is 15.9 Å². The monoisotopic (exact) mass is 284 g/mol. The third kappa shape index (κ3) is 3.71. The van der Waals surface area contributed by atoms with Crippen LogP contribution in [0.1, 0.15) is 10.4 Å². The molecule has 0 heterocycles. The summed E-state index contributed by atoms with van der Waals surface area (Å²) in [5.41, 5.74) is -4.49. The van der Waals surface area contributed by atoms with Crippen molar-refractivity contribution < 1.29 is 18.0 Å². The highest BCUT2D eigenvalue weighted by molar-refractivity contribution is 9.10. The third-order valence-electron chi connectivity index (χ3n) is 1.29.